The third-order valence-electron chi connectivity index (χ3n) is 1.15. The first-order valence-electron chi connectivity index (χ1n) is 2.86. The van der Waals surface area contributed by atoms with Crippen LogP contribution in [0.25, 0.3) is 0 Å². The highest BCUT2D eigenvalue weighted by atomic mass is 35.5. The summed E-state index contributed by atoms with van der Waals surface area (Å²) in [6.07, 6.45) is 4.34. The highest BCUT2D eigenvalue weighted by molar-refractivity contribution is 6.31. The number of pyridine rings is 1. The van der Waals surface area contributed by atoms with Crippen molar-refractivity contribution in [3.63, 3.8) is 0 Å². The quantitative estimate of drug-likeness (QED) is 0.606. The van der Waals surface area contributed by atoms with Gasteiger partial charge in [-0.05, 0) is 11.6 Å². The Morgan fingerprint density at radius 3 is 3.10 bits per heavy atom. The fourth-order valence-electron chi connectivity index (χ4n) is 0.650. The van der Waals surface area contributed by atoms with Crippen molar-refractivity contribution in [1.82, 2.24) is 4.98 Å². The lowest BCUT2D eigenvalue weighted by Gasteiger charge is -1.94. The van der Waals surface area contributed by atoms with E-state index in [4.69, 9.17) is 11.6 Å². The van der Waals surface area contributed by atoms with Gasteiger partial charge in [0.05, 0.1) is 0 Å². The van der Waals surface area contributed by atoms with E-state index in [1.54, 1.807) is 18.5 Å². The second-order valence-corrected chi connectivity index (χ2v) is 2.25. The Morgan fingerprint density at radius 1 is 1.70 bits per heavy atom. The largest absolute Gasteiger partial charge is 0.303 e. The van der Waals surface area contributed by atoms with Gasteiger partial charge in [-0.25, -0.2) is 0 Å². The number of nitrogens with zero attached hydrogens (tertiary/aromatic N) is 1. The number of aromatic nitrogens is 1. The zero-order chi connectivity index (χ0) is 7.40. The molecule has 0 radical (unpaired) electrons. The fourth-order valence-corrected chi connectivity index (χ4v) is 0.832. The van der Waals surface area contributed by atoms with Crippen molar-refractivity contribution in [2.45, 2.75) is 6.42 Å². The van der Waals surface area contributed by atoms with Crippen LogP contribution >= 0.6 is 11.6 Å². The van der Waals surface area contributed by atoms with Crippen LogP contribution < -0.4 is 0 Å². The van der Waals surface area contributed by atoms with Gasteiger partial charge in [-0.3, -0.25) is 4.98 Å². The smallest absolute Gasteiger partial charge is 0.124 e. The molecule has 0 saturated heterocycles. The number of rotatable bonds is 2. The highest BCUT2D eigenvalue weighted by Crippen LogP contribution is 2.12. The van der Waals surface area contributed by atoms with Gasteiger partial charge in [-0.15, -0.1) is 0 Å². The van der Waals surface area contributed by atoms with Crippen molar-refractivity contribution >= 4 is 17.9 Å². The molecule has 0 spiro atoms. The van der Waals surface area contributed by atoms with E-state index < -0.39 is 0 Å². The molecule has 0 aliphatic carbocycles. The molecule has 0 atom stereocenters. The van der Waals surface area contributed by atoms with Crippen molar-refractivity contribution in [3.05, 3.63) is 29.0 Å². The van der Waals surface area contributed by atoms with Gasteiger partial charge in [0, 0.05) is 23.8 Å². The van der Waals surface area contributed by atoms with E-state index in [0.29, 0.717) is 11.4 Å². The maximum Gasteiger partial charge on any atom is 0.124 e. The predicted molar refractivity (Wildman–Crippen MR) is 39.0 cm³/mol. The van der Waals surface area contributed by atoms with E-state index in [1.807, 2.05) is 0 Å². The minimum absolute atomic E-state index is 0.340. The van der Waals surface area contributed by atoms with Gasteiger partial charge in [-0.2, -0.15) is 0 Å². The van der Waals surface area contributed by atoms with Crippen LogP contribution in [0.15, 0.2) is 18.5 Å². The van der Waals surface area contributed by atoms with Crippen LogP contribution in [0.3, 0.4) is 0 Å². The molecule has 0 bridgehead atoms. The lowest BCUT2D eigenvalue weighted by atomic mass is 10.2. The molecular weight excluding hydrogens is 150 g/mol. The molecule has 0 N–H and O–H groups in total. The normalized spacial score (nSPS) is 9.30. The molecule has 1 rings (SSSR count). The van der Waals surface area contributed by atoms with Crippen LogP contribution in [0.2, 0.25) is 5.02 Å². The van der Waals surface area contributed by atoms with Gasteiger partial charge in [-0.1, -0.05) is 11.6 Å². The van der Waals surface area contributed by atoms with Crippen LogP contribution in [0.1, 0.15) is 5.56 Å². The lowest BCUT2D eigenvalue weighted by Crippen LogP contribution is -1.87. The van der Waals surface area contributed by atoms with Gasteiger partial charge < -0.3 is 4.79 Å². The summed E-state index contributed by atoms with van der Waals surface area (Å²) in [5.74, 6) is 0. The average Bonchev–Trinajstić information content (AvgIpc) is 1.94. The summed E-state index contributed by atoms with van der Waals surface area (Å²) in [7, 11) is 0. The molecule has 0 amide bonds. The second-order valence-electron chi connectivity index (χ2n) is 1.84. The zero-order valence-electron chi connectivity index (χ0n) is 5.25. The molecule has 0 aliphatic heterocycles. The molecule has 0 aliphatic rings. The number of hydrogen-bond acceptors (Lipinski definition) is 2. The molecule has 1 aromatic rings. The maximum atomic E-state index is 10.0. The number of hydrogen-bond donors (Lipinski definition) is 0. The van der Waals surface area contributed by atoms with E-state index in [0.717, 1.165) is 11.8 Å². The number of aldehydes is 1. The molecule has 10 heavy (non-hydrogen) atoms. The van der Waals surface area contributed by atoms with E-state index in [-0.39, 0.29) is 0 Å². The standard InChI is InChI=1S/C7H6ClNO/c8-7-1-3-9-5-6(7)2-4-10/h1,3-5H,2H2. The first kappa shape index (κ1) is 7.22. The maximum absolute atomic E-state index is 10.0. The lowest BCUT2D eigenvalue weighted by molar-refractivity contribution is -0.107. The van der Waals surface area contributed by atoms with Gasteiger partial charge in [0.1, 0.15) is 6.29 Å². The summed E-state index contributed by atoms with van der Waals surface area (Å²) in [5, 5.41) is 0.599. The molecule has 2 nitrogen and oxygen atoms in total. The second kappa shape index (κ2) is 3.32. The Hall–Kier alpha value is -0.890. The molecule has 52 valence electrons. The molecule has 3 heteroatoms. The van der Waals surface area contributed by atoms with E-state index in [1.165, 1.54) is 0 Å². The van der Waals surface area contributed by atoms with Crippen molar-refractivity contribution in [1.29, 1.82) is 0 Å². The monoisotopic (exact) mass is 155 g/mol. The zero-order valence-corrected chi connectivity index (χ0v) is 6.01. The van der Waals surface area contributed by atoms with Crippen LogP contribution in [-0.4, -0.2) is 11.3 Å². The molecular formula is C7H6ClNO. The molecule has 0 aromatic carbocycles. The van der Waals surface area contributed by atoms with Crippen molar-refractivity contribution in [2.75, 3.05) is 0 Å². The van der Waals surface area contributed by atoms with Gasteiger partial charge in [0.25, 0.3) is 0 Å². The van der Waals surface area contributed by atoms with Crippen LogP contribution in [0.4, 0.5) is 0 Å². The summed E-state index contributed by atoms with van der Waals surface area (Å²) in [5.41, 5.74) is 0.777. The van der Waals surface area contributed by atoms with E-state index in [2.05, 4.69) is 4.98 Å². The minimum Gasteiger partial charge on any atom is -0.303 e. The number of carbonyl (C=O) groups excluding carboxylic acids is 1. The fraction of sp³-hybridized carbons (Fsp3) is 0.143. The Labute approximate surface area is 63.8 Å². The van der Waals surface area contributed by atoms with Gasteiger partial charge in [0.15, 0.2) is 0 Å². The SMILES string of the molecule is O=CCc1cnccc1Cl. The Kier molecular flexibility index (Phi) is 2.40. The Morgan fingerprint density at radius 2 is 2.50 bits per heavy atom. The number of carbonyl (C=O) groups is 1. The van der Waals surface area contributed by atoms with Crippen molar-refractivity contribution in [2.24, 2.45) is 0 Å². The summed E-state index contributed by atoms with van der Waals surface area (Å²) in [6.45, 7) is 0. The minimum atomic E-state index is 0.340. The third kappa shape index (κ3) is 1.54. The molecule has 0 fully saturated rings. The summed E-state index contributed by atoms with van der Waals surface area (Å²) in [6, 6.07) is 1.67. The van der Waals surface area contributed by atoms with Crippen LogP contribution in [0, 0.1) is 0 Å². The predicted octanol–water partition coefficient (Wildman–Crippen LogP) is 1.48. The molecule has 0 unspecified atom stereocenters. The first-order chi connectivity index (χ1) is 4.84. The van der Waals surface area contributed by atoms with Crippen LogP contribution in [0.5, 0.6) is 0 Å². The number of halogens is 1. The van der Waals surface area contributed by atoms with E-state index >= 15 is 0 Å². The molecule has 1 heterocycles. The van der Waals surface area contributed by atoms with Crippen LogP contribution in [-0.2, 0) is 11.2 Å². The topological polar surface area (TPSA) is 30.0 Å². The Balaban J connectivity index is 2.91. The summed E-state index contributed by atoms with van der Waals surface area (Å²) in [4.78, 5) is 13.9. The average molecular weight is 156 g/mol. The van der Waals surface area contributed by atoms with Crippen molar-refractivity contribution in [3.8, 4) is 0 Å². The van der Waals surface area contributed by atoms with E-state index in [9.17, 15) is 4.79 Å². The first-order valence-corrected chi connectivity index (χ1v) is 3.24. The Bertz CT molecular complexity index is 237. The van der Waals surface area contributed by atoms with Gasteiger partial charge in [0.2, 0.25) is 0 Å². The highest BCUT2D eigenvalue weighted by Gasteiger charge is 1.96. The molecule has 1 aromatic heterocycles. The third-order valence-corrected chi connectivity index (χ3v) is 1.52. The summed E-state index contributed by atoms with van der Waals surface area (Å²) >= 11 is 5.70. The summed E-state index contributed by atoms with van der Waals surface area (Å²) < 4.78 is 0. The van der Waals surface area contributed by atoms with Crippen molar-refractivity contribution < 1.29 is 4.79 Å². The van der Waals surface area contributed by atoms with Gasteiger partial charge >= 0.3 is 0 Å². The molecule has 0 saturated carbocycles.